The van der Waals surface area contributed by atoms with Gasteiger partial charge < -0.3 is 20.0 Å². The van der Waals surface area contributed by atoms with Gasteiger partial charge in [-0.15, -0.1) is 0 Å². The fraction of sp³-hybridized carbons (Fsp3) is 0.400. The number of hydrogen-bond donors (Lipinski definition) is 2. The molecular formula is C30H30F6N2O4S. The Morgan fingerprint density at radius 3 is 1.26 bits per heavy atom. The molecule has 2 aliphatic heterocycles. The maximum atomic E-state index is 13.0. The number of nitrogens with zero attached hydrogens (tertiary/aromatic N) is 2. The lowest BCUT2D eigenvalue weighted by Crippen LogP contribution is -2.38. The van der Waals surface area contributed by atoms with Gasteiger partial charge in [0.25, 0.3) is 11.8 Å². The highest BCUT2D eigenvalue weighted by atomic mass is 32.2. The summed E-state index contributed by atoms with van der Waals surface area (Å²) in [5, 5.41) is 21.1. The Bertz CT molecular complexity index is 1310. The van der Waals surface area contributed by atoms with E-state index in [-0.39, 0.29) is 24.2 Å². The molecule has 2 aromatic carbocycles. The molecule has 0 spiro atoms. The zero-order valence-corrected chi connectivity index (χ0v) is 24.1. The Hall–Kier alpha value is -3.61. The Balaban J connectivity index is 1.35. The highest BCUT2D eigenvalue weighted by molar-refractivity contribution is 7.99. The first-order chi connectivity index (χ1) is 20.2. The molecule has 0 saturated heterocycles. The van der Waals surface area contributed by atoms with Crippen molar-refractivity contribution in [3.05, 3.63) is 82.3 Å². The number of carbonyl (C=O) groups is 2. The molecule has 6 nitrogen and oxygen atoms in total. The van der Waals surface area contributed by atoms with Crippen LogP contribution in [0, 0.1) is 0 Å². The molecule has 43 heavy (non-hydrogen) atoms. The molecule has 0 saturated carbocycles. The van der Waals surface area contributed by atoms with Crippen molar-refractivity contribution in [1.29, 1.82) is 0 Å². The molecule has 2 N–H and O–H groups in total. The van der Waals surface area contributed by atoms with Gasteiger partial charge in [0, 0.05) is 35.7 Å². The standard InChI is InChI=1S/C30H30F6N2O4S/c1-3-21-23(17-5-9-19(10-6-17)29(31,32)33)25(39)27(41)37(21)13-15-43-16-14-38-22(4-2)24(26(40)28(38)42)18-7-11-20(12-8-18)30(34,35)36/h5-12,21-22,39-40H,3-4,13-16H2,1-2H3. The van der Waals surface area contributed by atoms with Crippen LogP contribution in [0.4, 0.5) is 26.3 Å². The molecule has 2 atom stereocenters. The van der Waals surface area contributed by atoms with Crippen LogP contribution in [0.25, 0.3) is 11.1 Å². The van der Waals surface area contributed by atoms with E-state index in [4.69, 9.17) is 0 Å². The third-order valence-electron chi connectivity index (χ3n) is 7.63. The predicted octanol–water partition coefficient (Wildman–Crippen LogP) is 6.94. The Morgan fingerprint density at radius 2 is 0.977 bits per heavy atom. The third kappa shape index (κ3) is 6.51. The van der Waals surface area contributed by atoms with Gasteiger partial charge in [0.2, 0.25) is 0 Å². The largest absolute Gasteiger partial charge is 0.503 e. The minimum Gasteiger partial charge on any atom is -0.503 e. The fourth-order valence-electron chi connectivity index (χ4n) is 5.54. The van der Waals surface area contributed by atoms with Gasteiger partial charge in [-0.1, -0.05) is 38.1 Å². The van der Waals surface area contributed by atoms with Gasteiger partial charge in [-0.25, -0.2) is 0 Å². The number of carbonyl (C=O) groups excluding carboxylic acids is 2. The van der Waals surface area contributed by atoms with E-state index in [2.05, 4.69) is 0 Å². The van der Waals surface area contributed by atoms with Crippen molar-refractivity contribution in [3.8, 4) is 0 Å². The monoisotopic (exact) mass is 628 g/mol. The molecule has 0 radical (unpaired) electrons. The topological polar surface area (TPSA) is 81.1 Å². The first kappa shape index (κ1) is 32.3. The van der Waals surface area contributed by atoms with Crippen molar-refractivity contribution >= 4 is 34.7 Å². The summed E-state index contributed by atoms with van der Waals surface area (Å²) in [5.74, 6) is -1.36. The van der Waals surface area contributed by atoms with Crippen LogP contribution in [-0.4, -0.2) is 68.5 Å². The Labute approximate surface area is 248 Å². The molecule has 13 heteroatoms. The lowest BCUT2D eigenvalue weighted by Gasteiger charge is -2.27. The van der Waals surface area contributed by atoms with E-state index in [0.29, 0.717) is 35.5 Å². The van der Waals surface area contributed by atoms with Gasteiger partial charge >= 0.3 is 12.4 Å². The van der Waals surface area contributed by atoms with Gasteiger partial charge in [-0.3, -0.25) is 9.59 Å². The van der Waals surface area contributed by atoms with Crippen LogP contribution >= 0.6 is 11.8 Å². The molecule has 2 amide bonds. The Morgan fingerprint density at radius 1 is 0.651 bits per heavy atom. The first-order valence-corrected chi connectivity index (χ1v) is 14.8. The Kier molecular flexibility index (Phi) is 9.43. The molecule has 2 aliphatic rings. The SMILES string of the molecule is CCC1C(c2ccc(C(F)(F)F)cc2)=C(O)C(=O)N1CCSCCN1C(=O)C(O)=C(c2ccc(C(F)(F)F)cc2)C1CC. The maximum Gasteiger partial charge on any atom is 0.416 e. The number of benzene rings is 2. The highest BCUT2D eigenvalue weighted by Crippen LogP contribution is 2.38. The van der Waals surface area contributed by atoms with Crippen molar-refractivity contribution in [2.45, 2.75) is 51.1 Å². The van der Waals surface area contributed by atoms with E-state index < -0.39 is 58.9 Å². The minimum atomic E-state index is -4.51. The predicted molar refractivity (Wildman–Crippen MR) is 151 cm³/mol. The summed E-state index contributed by atoms with van der Waals surface area (Å²) < 4.78 is 77.8. The van der Waals surface area contributed by atoms with Crippen LogP contribution in [0.15, 0.2) is 60.0 Å². The van der Waals surface area contributed by atoms with Gasteiger partial charge in [-0.05, 0) is 48.2 Å². The van der Waals surface area contributed by atoms with Gasteiger partial charge in [0.15, 0.2) is 11.5 Å². The molecule has 232 valence electrons. The molecule has 4 rings (SSSR count). The van der Waals surface area contributed by atoms with E-state index in [1.54, 1.807) is 13.8 Å². The van der Waals surface area contributed by atoms with E-state index in [1.807, 2.05) is 0 Å². The average molecular weight is 629 g/mol. The number of rotatable bonds is 10. The van der Waals surface area contributed by atoms with Crippen LogP contribution in [0.3, 0.4) is 0 Å². The molecule has 2 unspecified atom stereocenters. The van der Waals surface area contributed by atoms with Crippen molar-refractivity contribution in [3.63, 3.8) is 0 Å². The zero-order chi connectivity index (χ0) is 31.7. The summed E-state index contributed by atoms with van der Waals surface area (Å²) in [6, 6.07) is 7.53. The van der Waals surface area contributed by atoms with Crippen LogP contribution in [0.2, 0.25) is 0 Å². The first-order valence-electron chi connectivity index (χ1n) is 13.6. The van der Waals surface area contributed by atoms with Crippen LogP contribution in [0.5, 0.6) is 0 Å². The molecular weight excluding hydrogens is 598 g/mol. The van der Waals surface area contributed by atoms with Crippen molar-refractivity contribution < 1.29 is 46.1 Å². The van der Waals surface area contributed by atoms with Crippen molar-refractivity contribution in [2.75, 3.05) is 24.6 Å². The quantitative estimate of drug-likeness (QED) is 0.220. The van der Waals surface area contributed by atoms with Crippen molar-refractivity contribution in [2.24, 2.45) is 0 Å². The maximum absolute atomic E-state index is 13.0. The van der Waals surface area contributed by atoms with E-state index >= 15 is 0 Å². The number of aliphatic hydroxyl groups excluding tert-OH is 2. The number of hydrogen-bond acceptors (Lipinski definition) is 5. The number of amides is 2. The highest BCUT2D eigenvalue weighted by Gasteiger charge is 2.41. The fourth-order valence-corrected chi connectivity index (χ4v) is 6.40. The summed E-state index contributed by atoms with van der Waals surface area (Å²) in [4.78, 5) is 28.6. The van der Waals surface area contributed by atoms with Gasteiger partial charge in [-0.2, -0.15) is 38.1 Å². The van der Waals surface area contributed by atoms with Gasteiger partial charge in [0.05, 0.1) is 23.2 Å². The van der Waals surface area contributed by atoms with Gasteiger partial charge in [0.1, 0.15) is 0 Å². The van der Waals surface area contributed by atoms with Crippen LogP contribution < -0.4 is 0 Å². The number of thioether (sulfide) groups is 1. The number of aliphatic hydroxyl groups is 2. The number of halogens is 6. The number of alkyl halides is 6. The third-order valence-corrected chi connectivity index (χ3v) is 8.57. The molecule has 2 heterocycles. The van der Waals surface area contributed by atoms with Crippen LogP contribution in [0.1, 0.15) is 48.9 Å². The van der Waals surface area contributed by atoms with E-state index in [1.165, 1.54) is 45.8 Å². The van der Waals surface area contributed by atoms with E-state index in [0.717, 1.165) is 24.3 Å². The lowest BCUT2D eigenvalue weighted by atomic mass is 9.96. The normalized spacial score (nSPS) is 19.8. The summed E-state index contributed by atoms with van der Waals surface area (Å²) in [6.07, 6.45) is -8.17. The summed E-state index contributed by atoms with van der Waals surface area (Å²) in [5.41, 5.74) is -0.461. The second-order valence-electron chi connectivity index (χ2n) is 10.1. The second-order valence-corrected chi connectivity index (χ2v) is 11.4. The summed E-state index contributed by atoms with van der Waals surface area (Å²) in [7, 11) is 0. The van der Waals surface area contributed by atoms with Crippen LogP contribution in [-0.2, 0) is 21.9 Å². The molecule has 0 aliphatic carbocycles. The summed E-state index contributed by atoms with van der Waals surface area (Å²) in [6.45, 7) is 4.08. The lowest BCUT2D eigenvalue weighted by molar-refractivity contribution is -0.138. The van der Waals surface area contributed by atoms with E-state index in [9.17, 15) is 46.1 Å². The molecule has 0 bridgehead atoms. The molecule has 2 aromatic rings. The molecule has 0 fully saturated rings. The molecule has 0 aromatic heterocycles. The summed E-state index contributed by atoms with van der Waals surface area (Å²) >= 11 is 1.42. The average Bonchev–Trinajstić information content (AvgIpc) is 3.35. The van der Waals surface area contributed by atoms with Crippen molar-refractivity contribution in [1.82, 2.24) is 9.80 Å². The smallest absolute Gasteiger partial charge is 0.416 e. The zero-order valence-electron chi connectivity index (χ0n) is 23.3. The second kappa shape index (κ2) is 12.6. The minimum absolute atomic E-state index is 0.238.